The average molecular weight is 367 g/mol. The van der Waals surface area contributed by atoms with Crippen LogP contribution in [0.3, 0.4) is 0 Å². The van der Waals surface area contributed by atoms with Crippen LogP contribution in [-0.4, -0.2) is 16.1 Å². The van der Waals surface area contributed by atoms with Crippen LogP contribution in [0.1, 0.15) is 21.6 Å². The van der Waals surface area contributed by atoms with Crippen LogP contribution in [-0.2, 0) is 4.74 Å². The van der Waals surface area contributed by atoms with Gasteiger partial charge in [0.25, 0.3) is 0 Å². The zero-order valence-electron chi connectivity index (χ0n) is 14.9. The predicted octanol–water partition coefficient (Wildman–Crippen LogP) is 5.48. The van der Waals surface area contributed by atoms with E-state index in [1.807, 2.05) is 42.5 Å². The third-order valence-corrected chi connectivity index (χ3v) is 4.30. The maximum Gasteiger partial charge on any atom is 0.343 e. The van der Waals surface area contributed by atoms with E-state index >= 15 is 0 Å². The van der Waals surface area contributed by atoms with E-state index < -0.39 is 5.97 Å². The third-order valence-electron chi connectivity index (χ3n) is 4.30. The molecule has 3 aromatic carbocycles. The Bertz CT molecular complexity index is 1150. The van der Waals surface area contributed by atoms with Gasteiger partial charge in [-0.2, -0.15) is 0 Å². The summed E-state index contributed by atoms with van der Waals surface area (Å²) >= 11 is 0. The average Bonchev–Trinajstić information content (AvgIpc) is 2.77. The van der Waals surface area contributed by atoms with Crippen molar-refractivity contribution in [2.75, 3.05) is 0 Å². The Morgan fingerprint density at radius 2 is 1.32 bits per heavy atom. The molecular weight excluding hydrogens is 350 g/mol. The van der Waals surface area contributed by atoms with Crippen LogP contribution in [0.25, 0.3) is 22.4 Å². The number of rotatable bonds is 4. The number of hydrogen-bond donors (Lipinski definition) is 1. The van der Waals surface area contributed by atoms with Gasteiger partial charge in [-0.15, -0.1) is 0 Å². The number of carbonyl (C=O) groups is 1. The number of pyridine rings is 1. The minimum absolute atomic E-state index is 0.0193. The first-order chi connectivity index (χ1) is 13.7. The molecule has 136 valence electrons. The van der Waals surface area contributed by atoms with Gasteiger partial charge in [0, 0.05) is 10.9 Å². The Labute approximate surface area is 162 Å². The number of nitrogens with zero attached hydrogens (tertiary/aromatic N) is 1. The van der Waals surface area contributed by atoms with E-state index in [1.54, 1.807) is 54.6 Å². The molecule has 0 saturated heterocycles. The molecule has 0 radical (unpaired) electrons. The number of fused-ring (bicyclic) bond motifs is 1. The minimum Gasteiger partial charge on any atom is -0.504 e. The van der Waals surface area contributed by atoms with Gasteiger partial charge in [0.2, 0.25) is 0 Å². The Balaban J connectivity index is 1.82. The fraction of sp³-hybridized carbons (Fsp3) is 0. The molecular formula is C24H17NO3. The van der Waals surface area contributed by atoms with E-state index in [-0.39, 0.29) is 11.5 Å². The molecule has 0 aliphatic heterocycles. The Morgan fingerprint density at radius 1 is 0.714 bits per heavy atom. The number of esters is 1. The normalized spacial score (nSPS) is 11.7. The van der Waals surface area contributed by atoms with Crippen LogP contribution >= 0.6 is 0 Å². The van der Waals surface area contributed by atoms with E-state index in [4.69, 9.17) is 4.74 Å². The van der Waals surface area contributed by atoms with Crippen molar-refractivity contribution in [1.82, 2.24) is 4.98 Å². The van der Waals surface area contributed by atoms with E-state index in [0.717, 1.165) is 10.9 Å². The molecule has 28 heavy (non-hydrogen) atoms. The molecule has 0 unspecified atom stereocenters. The maximum atomic E-state index is 12.6. The molecule has 1 aromatic heterocycles. The fourth-order valence-electron chi connectivity index (χ4n) is 2.87. The predicted molar refractivity (Wildman–Crippen MR) is 109 cm³/mol. The van der Waals surface area contributed by atoms with Crippen LogP contribution in [0.5, 0.6) is 0 Å². The van der Waals surface area contributed by atoms with Gasteiger partial charge in [-0.1, -0.05) is 72.8 Å². The Kier molecular flexibility index (Phi) is 4.85. The van der Waals surface area contributed by atoms with Crippen molar-refractivity contribution in [3.63, 3.8) is 0 Å². The lowest BCUT2D eigenvalue weighted by atomic mass is 10.1. The number of benzene rings is 3. The van der Waals surface area contributed by atoms with Crippen molar-refractivity contribution in [2.45, 2.75) is 0 Å². The Morgan fingerprint density at radius 3 is 2.04 bits per heavy atom. The van der Waals surface area contributed by atoms with Crippen LogP contribution in [0.4, 0.5) is 0 Å². The lowest BCUT2D eigenvalue weighted by molar-refractivity contribution is 0.0689. The number of aliphatic hydroxyl groups is 1. The maximum absolute atomic E-state index is 12.6. The molecule has 1 heterocycles. The Hall–Kier alpha value is -3.92. The number of aromatic nitrogens is 1. The van der Waals surface area contributed by atoms with Crippen molar-refractivity contribution in [1.29, 1.82) is 0 Å². The second-order valence-electron chi connectivity index (χ2n) is 6.19. The lowest BCUT2D eigenvalue weighted by Crippen LogP contribution is -2.07. The van der Waals surface area contributed by atoms with E-state index in [2.05, 4.69) is 4.98 Å². The first-order valence-electron chi connectivity index (χ1n) is 8.84. The van der Waals surface area contributed by atoms with E-state index in [1.165, 1.54) is 0 Å². The SMILES string of the molecule is O=C(O/C(=C(\O)c1ccccc1)c1ccc2ccccc2n1)c1ccccc1. The summed E-state index contributed by atoms with van der Waals surface area (Å²) < 4.78 is 5.62. The standard InChI is InChI=1S/C24H17NO3/c26-22(18-10-3-1-4-11-18)23(28-24(27)19-12-5-2-6-13-19)21-16-15-17-9-7-8-14-20(17)25-21/h1-16,26H/b23-22-. The van der Waals surface area contributed by atoms with Gasteiger partial charge in [0.1, 0.15) is 5.69 Å². The summed E-state index contributed by atoms with van der Waals surface area (Å²) in [5.41, 5.74) is 2.05. The molecule has 0 amide bonds. The van der Waals surface area contributed by atoms with Gasteiger partial charge in [0.05, 0.1) is 11.1 Å². The second-order valence-corrected chi connectivity index (χ2v) is 6.19. The summed E-state index contributed by atoms with van der Waals surface area (Å²) in [6, 6.07) is 28.8. The van der Waals surface area contributed by atoms with Gasteiger partial charge >= 0.3 is 5.97 Å². The number of ether oxygens (including phenoxy) is 1. The van der Waals surface area contributed by atoms with Crippen molar-refractivity contribution >= 4 is 28.4 Å². The van der Waals surface area contributed by atoms with Crippen molar-refractivity contribution in [3.05, 3.63) is 114 Å². The molecule has 4 aromatic rings. The fourth-order valence-corrected chi connectivity index (χ4v) is 2.87. The highest BCUT2D eigenvalue weighted by Gasteiger charge is 2.19. The topological polar surface area (TPSA) is 59.4 Å². The largest absolute Gasteiger partial charge is 0.504 e. The molecule has 0 atom stereocenters. The molecule has 4 rings (SSSR count). The van der Waals surface area contributed by atoms with Gasteiger partial charge in [-0.3, -0.25) is 0 Å². The summed E-state index contributed by atoms with van der Waals surface area (Å²) in [6.07, 6.45) is 0. The molecule has 0 spiro atoms. The zero-order chi connectivity index (χ0) is 19.3. The van der Waals surface area contributed by atoms with Crippen LogP contribution in [0, 0.1) is 0 Å². The third kappa shape index (κ3) is 3.62. The van der Waals surface area contributed by atoms with E-state index in [9.17, 15) is 9.90 Å². The number of carbonyl (C=O) groups excluding carboxylic acids is 1. The molecule has 1 N–H and O–H groups in total. The number of hydrogen-bond acceptors (Lipinski definition) is 4. The minimum atomic E-state index is -0.562. The van der Waals surface area contributed by atoms with E-state index in [0.29, 0.717) is 16.8 Å². The molecule has 0 bridgehead atoms. The van der Waals surface area contributed by atoms with Gasteiger partial charge in [0.15, 0.2) is 11.5 Å². The highest BCUT2D eigenvalue weighted by molar-refractivity contribution is 5.96. The monoisotopic (exact) mass is 367 g/mol. The second kappa shape index (κ2) is 7.76. The quantitative estimate of drug-likeness (QED) is 0.383. The summed E-state index contributed by atoms with van der Waals surface area (Å²) in [7, 11) is 0. The molecule has 0 saturated carbocycles. The van der Waals surface area contributed by atoms with Crippen molar-refractivity contribution in [3.8, 4) is 0 Å². The molecule has 0 fully saturated rings. The van der Waals surface area contributed by atoms with Gasteiger partial charge < -0.3 is 9.84 Å². The molecule has 4 nitrogen and oxygen atoms in total. The number of para-hydroxylation sites is 1. The smallest absolute Gasteiger partial charge is 0.343 e. The molecule has 0 aliphatic carbocycles. The summed E-state index contributed by atoms with van der Waals surface area (Å²) in [6.45, 7) is 0. The zero-order valence-corrected chi connectivity index (χ0v) is 14.9. The van der Waals surface area contributed by atoms with Crippen LogP contribution in [0.15, 0.2) is 97.1 Å². The van der Waals surface area contributed by atoms with Crippen molar-refractivity contribution < 1.29 is 14.6 Å². The lowest BCUT2D eigenvalue weighted by Gasteiger charge is -2.12. The van der Waals surface area contributed by atoms with Crippen molar-refractivity contribution in [2.24, 2.45) is 0 Å². The van der Waals surface area contributed by atoms with Gasteiger partial charge in [-0.25, -0.2) is 9.78 Å². The van der Waals surface area contributed by atoms with Gasteiger partial charge in [-0.05, 0) is 24.3 Å². The first kappa shape index (κ1) is 17.5. The summed E-state index contributed by atoms with van der Waals surface area (Å²) in [4.78, 5) is 17.2. The summed E-state index contributed by atoms with van der Waals surface area (Å²) in [5.74, 6) is -0.688. The molecule has 0 aliphatic rings. The highest BCUT2D eigenvalue weighted by Crippen LogP contribution is 2.27. The molecule has 4 heteroatoms. The summed E-state index contributed by atoms with van der Waals surface area (Å²) in [5, 5.41) is 11.8. The first-order valence-corrected chi connectivity index (χ1v) is 8.84. The number of aliphatic hydroxyl groups excluding tert-OH is 1. The highest BCUT2D eigenvalue weighted by atomic mass is 16.5. The van der Waals surface area contributed by atoms with Crippen LogP contribution in [0.2, 0.25) is 0 Å². The van der Waals surface area contributed by atoms with Crippen LogP contribution < -0.4 is 0 Å².